The maximum atomic E-state index is 13.3. The summed E-state index contributed by atoms with van der Waals surface area (Å²) in [4.78, 5) is 65.6. The van der Waals surface area contributed by atoms with Crippen LogP contribution in [-0.2, 0) is 30.4 Å². The first-order valence-electron chi connectivity index (χ1n) is 11.0. The van der Waals surface area contributed by atoms with Crippen LogP contribution in [0.15, 0.2) is 30.3 Å². The van der Waals surface area contributed by atoms with E-state index in [1.807, 2.05) is 30.3 Å². The fourth-order valence-corrected chi connectivity index (χ4v) is 3.83. The van der Waals surface area contributed by atoms with E-state index in [1.54, 1.807) is 7.05 Å². The van der Waals surface area contributed by atoms with Crippen LogP contribution >= 0.6 is 0 Å². The smallest absolute Gasteiger partial charge is 0.258 e. The fourth-order valence-electron chi connectivity index (χ4n) is 3.83. The molecular formula is C23H33N5O5. The summed E-state index contributed by atoms with van der Waals surface area (Å²) >= 11 is 0. The molecule has 180 valence electrons. The number of nitrogens with zero attached hydrogens (tertiary/aromatic N) is 2. The van der Waals surface area contributed by atoms with Gasteiger partial charge in [0.2, 0.25) is 17.7 Å². The second kappa shape index (κ2) is 11.7. The molecule has 1 heterocycles. The molecular weight excluding hydrogens is 426 g/mol. The normalized spacial score (nSPS) is 18.2. The lowest BCUT2D eigenvalue weighted by molar-refractivity contribution is -0.158. The average molecular weight is 460 g/mol. The van der Waals surface area contributed by atoms with Crippen LogP contribution in [0.25, 0.3) is 0 Å². The van der Waals surface area contributed by atoms with Gasteiger partial charge in [-0.05, 0) is 45.7 Å². The van der Waals surface area contributed by atoms with Gasteiger partial charge in [0, 0.05) is 13.5 Å². The van der Waals surface area contributed by atoms with Crippen molar-refractivity contribution in [1.29, 1.82) is 0 Å². The number of carbonyl (C=O) groups excluding carboxylic acids is 5. The van der Waals surface area contributed by atoms with E-state index >= 15 is 0 Å². The Balaban J connectivity index is 2.19. The van der Waals surface area contributed by atoms with E-state index < -0.39 is 53.7 Å². The van der Waals surface area contributed by atoms with Crippen LogP contribution in [0.5, 0.6) is 0 Å². The van der Waals surface area contributed by atoms with Crippen molar-refractivity contribution in [1.82, 2.24) is 20.4 Å². The topological polar surface area (TPSA) is 142 Å². The van der Waals surface area contributed by atoms with Crippen LogP contribution in [0.4, 0.5) is 0 Å². The SMILES string of the molecule is CNC(Cc1ccccc1)C(=O)N(C(C)=O)C(=O)C1CCCN1C(=O)C(C)NC(=O)C(C)N. The molecule has 1 aromatic carbocycles. The van der Waals surface area contributed by atoms with Crippen molar-refractivity contribution in [2.45, 2.75) is 64.2 Å². The Hall–Kier alpha value is -3.11. The lowest BCUT2D eigenvalue weighted by Crippen LogP contribution is -2.58. The number of likely N-dealkylation sites (N-methyl/N-ethyl adjacent to an activating group) is 1. The largest absolute Gasteiger partial charge is 0.343 e. The van der Waals surface area contributed by atoms with Crippen molar-refractivity contribution in [2.75, 3.05) is 13.6 Å². The molecule has 0 saturated carbocycles. The van der Waals surface area contributed by atoms with Gasteiger partial charge in [-0.25, -0.2) is 4.90 Å². The molecule has 0 spiro atoms. The van der Waals surface area contributed by atoms with E-state index in [2.05, 4.69) is 10.6 Å². The lowest BCUT2D eigenvalue weighted by Gasteiger charge is -2.31. The molecule has 0 bridgehead atoms. The first-order chi connectivity index (χ1) is 15.6. The van der Waals surface area contributed by atoms with Gasteiger partial charge in [0.05, 0.1) is 12.1 Å². The molecule has 4 unspecified atom stereocenters. The second-order valence-corrected chi connectivity index (χ2v) is 8.27. The molecule has 10 nitrogen and oxygen atoms in total. The molecule has 0 aromatic heterocycles. The molecule has 1 aromatic rings. The Morgan fingerprint density at radius 3 is 2.33 bits per heavy atom. The quantitative estimate of drug-likeness (QED) is 0.478. The van der Waals surface area contributed by atoms with E-state index in [1.165, 1.54) is 18.7 Å². The maximum Gasteiger partial charge on any atom is 0.258 e. The zero-order valence-electron chi connectivity index (χ0n) is 19.5. The van der Waals surface area contributed by atoms with Crippen molar-refractivity contribution in [2.24, 2.45) is 5.73 Å². The van der Waals surface area contributed by atoms with E-state index in [9.17, 15) is 24.0 Å². The molecule has 2 rings (SSSR count). The molecule has 0 aliphatic carbocycles. The number of benzene rings is 1. The predicted octanol–water partition coefficient (Wildman–Crippen LogP) is -0.438. The van der Waals surface area contributed by atoms with Crippen molar-refractivity contribution >= 4 is 29.5 Å². The van der Waals surface area contributed by atoms with E-state index in [-0.39, 0.29) is 6.54 Å². The maximum absolute atomic E-state index is 13.3. The zero-order valence-corrected chi connectivity index (χ0v) is 19.5. The third-order valence-corrected chi connectivity index (χ3v) is 5.65. The Labute approximate surface area is 193 Å². The van der Waals surface area contributed by atoms with E-state index in [0.717, 1.165) is 12.5 Å². The van der Waals surface area contributed by atoms with Gasteiger partial charge in [-0.1, -0.05) is 30.3 Å². The summed E-state index contributed by atoms with van der Waals surface area (Å²) < 4.78 is 0. The Kier molecular flexibility index (Phi) is 9.24. The molecule has 0 radical (unpaired) electrons. The highest BCUT2D eigenvalue weighted by Gasteiger charge is 2.42. The third kappa shape index (κ3) is 6.45. The van der Waals surface area contributed by atoms with Crippen molar-refractivity contribution in [3.05, 3.63) is 35.9 Å². The summed E-state index contributed by atoms with van der Waals surface area (Å²) in [6.45, 7) is 4.44. The van der Waals surface area contributed by atoms with Crippen LogP contribution in [0.2, 0.25) is 0 Å². The van der Waals surface area contributed by atoms with Gasteiger partial charge in [0.25, 0.3) is 11.8 Å². The molecule has 5 amide bonds. The Morgan fingerprint density at radius 1 is 1.15 bits per heavy atom. The summed E-state index contributed by atoms with van der Waals surface area (Å²) in [5.74, 6) is -3.08. The third-order valence-electron chi connectivity index (χ3n) is 5.65. The lowest BCUT2D eigenvalue weighted by atomic mass is 10.0. The molecule has 33 heavy (non-hydrogen) atoms. The highest BCUT2D eigenvalue weighted by Crippen LogP contribution is 2.21. The number of nitrogens with two attached hydrogens (primary N) is 1. The molecule has 1 fully saturated rings. The van der Waals surface area contributed by atoms with Gasteiger partial charge in [0.1, 0.15) is 12.1 Å². The molecule has 1 aliphatic heterocycles. The first kappa shape index (κ1) is 26.1. The monoisotopic (exact) mass is 459 g/mol. The zero-order chi connectivity index (χ0) is 24.7. The minimum atomic E-state index is -0.964. The average Bonchev–Trinajstić information content (AvgIpc) is 3.27. The summed E-state index contributed by atoms with van der Waals surface area (Å²) in [5.41, 5.74) is 6.41. The number of carbonyl (C=O) groups is 5. The number of hydrogen-bond donors (Lipinski definition) is 3. The molecule has 4 N–H and O–H groups in total. The van der Waals surface area contributed by atoms with Crippen molar-refractivity contribution < 1.29 is 24.0 Å². The number of amides is 5. The standard InChI is InChI=1S/C23H33N5O5/c1-14(24)20(30)26-15(2)21(31)27-12-8-11-19(27)23(33)28(16(3)29)22(32)18(25-4)13-17-9-6-5-7-10-17/h5-7,9-10,14-15,18-19,25H,8,11-13,24H2,1-4H3,(H,26,30). The molecule has 10 heteroatoms. The van der Waals surface area contributed by atoms with Gasteiger partial charge in [0.15, 0.2) is 0 Å². The van der Waals surface area contributed by atoms with E-state index in [4.69, 9.17) is 5.73 Å². The molecule has 1 aliphatic rings. The fraction of sp³-hybridized carbons (Fsp3) is 0.522. The second-order valence-electron chi connectivity index (χ2n) is 8.27. The summed E-state index contributed by atoms with van der Waals surface area (Å²) in [5, 5.41) is 5.40. The van der Waals surface area contributed by atoms with E-state index in [0.29, 0.717) is 24.2 Å². The number of imide groups is 3. The summed E-state index contributed by atoms with van der Waals surface area (Å²) in [6.07, 6.45) is 1.15. The Morgan fingerprint density at radius 2 is 1.79 bits per heavy atom. The van der Waals surface area contributed by atoms with Crippen LogP contribution in [0.1, 0.15) is 39.2 Å². The number of nitrogens with one attached hydrogen (secondary N) is 2. The van der Waals surface area contributed by atoms with Crippen LogP contribution in [0.3, 0.4) is 0 Å². The number of hydrogen-bond acceptors (Lipinski definition) is 7. The van der Waals surface area contributed by atoms with Crippen molar-refractivity contribution in [3.63, 3.8) is 0 Å². The Bertz CT molecular complexity index is 888. The minimum Gasteiger partial charge on any atom is -0.343 e. The summed E-state index contributed by atoms with van der Waals surface area (Å²) in [6, 6.07) is 5.80. The highest BCUT2D eigenvalue weighted by molar-refractivity contribution is 6.13. The number of likely N-dealkylation sites (tertiary alicyclic amines) is 1. The van der Waals surface area contributed by atoms with Gasteiger partial charge >= 0.3 is 0 Å². The molecule has 1 saturated heterocycles. The minimum absolute atomic E-state index is 0.285. The van der Waals surface area contributed by atoms with Crippen molar-refractivity contribution in [3.8, 4) is 0 Å². The van der Waals surface area contributed by atoms with Gasteiger partial charge in [-0.15, -0.1) is 0 Å². The first-order valence-corrected chi connectivity index (χ1v) is 11.0. The molecule has 4 atom stereocenters. The highest BCUT2D eigenvalue weighted by atomic mass is 16.2. The summed E-state index contributed by atoms with van der Waals surface area (Å²) in [7, 11) is 1.59. The van der Waals surface area contributed by atoms with Crippen LogP contribution < -0.4 is 16.4 Å². The van der Waals surface area contributed by atoms with Gasteiger partial charge in [-0.3, -0.25) is 24.0 Å². The van der Waals surface area contributed by atoms with Gasteiger partial charge in [-0.2, -0.15) is 0 Å². The predicted molar refractivity (Wildman–Crippen MR) is 122 cm³/mol. The van der Waals surface area contributed by atoms with Crippen LogP contribution in [-0.4, -0.2) is 77.1 Å². The van der Waals surface area contributed by atoms with Crippen LogP contribution in [0, 0.1) is 0 Å². The van der Waals surface area contributed by atoms with Gasteiger partial charge < -0.3 is 21.3 Å². The number of rotatable bonds is 8.